The number of rotatable bonds is 2. The lowest BCUT2D eigenvalue weighted by atomic mass is 9.78. The van der Waals surface area contributed by atoms with Gasteiger partial charge >= 0.3 is 0 Å². The summed E-state index contributed by atoms with van der Waals surface area (Å²) in [6.07, 6.45) is 8.60. The van der Waals surface area contributed by atoms with Crippen LogP contribution in [0, 0.1) is 0 Å². The van der Waals surface area contributed by atoms with Gasteiger partial charge < -0.3 is 10.1 Å². The van der Waals surface area contributed by atoms with Crippen molar-refractivity contribution in [2.45, 2.75) is 56.6 Å². The van der Waals surface area contributed by atoms with Gasteiger partial charge in [0.25, 0.3) is 0 Å². The number of ether oxygens (including phenoxy) is 1. The summed E-state index contributed by atoms with van der Waals surface area (Å²) in [5, 5.41) is 4.40. The second-order valence-electron chi connectivity index (χ2n) is 6.05. The van der Waals surface area contributed by atoms with Crippen molar-refractivity contribution >= 4 is 33.2 Å². The smallest absolute Gasteiger partial charge is 0.0702 e. The van der Waals surface area contributed by atoms with E-state index in [1.807, 2.05) is 12.1 Å². The Balaban J connectivity index is 1.68. The van der Waals surface area contributed by atoms with Gasteiger partial charge in [-0.1, -0.05) is 46.8 Å². The summed E-state index contributed by atoms with van der Waals surface area (Å²) >= 11 is 9.75. The molecule has 1 saturated heterocycles. The molecule has 1 aromatic carbocycles. The molecule has 0 aromatic heterocycles. The molecular formula is C16H21BrClNO. The molecule has 3 rings (SSSR count). The van der Waals surface area contributed by atoms with Gasteiger partial charge in [0.2, 0.25) is 0 Å². The molecule has 110 valence electrons. The third-order valence-corrected chi connectivity index (χ3v) is 5.35. The van der Waals surface area contributed by atoms with Crippen LogP contribution in [0.4, 0.5) is 5.69 Å². The number of anilines is 1. The van der Waals surface area contributed by atoms with Crippen LogP contribution in [-0.4, -0.2) is 18.2 Å². The average molecular weight is 359 g/mol. The Morgan fingerprint density at radius 1 is 1.25 bits per heavy atom. The topological polar surface area (TPSA) is 21.3 Å². The highest BCUT2D eigenvalue weighted by atomic mass is 79.9. The molecule has 1 spiro atoms. The molecule has 1 unspecified atom stereocenters. The van der Waals surface area contributed by atoms with Crippen LogP contribution in [0.3, 0.4) is 0 Å². The zero-order chi connectivity index (χ0) is 14.0. The predicted molar refractivity (Wildman–Crippen MR) is 87.6 cm³/mol. The molecule has 2 fully saturated rings. The lowest BCUT2D eigenvalue weighted by Crippen LogP contribution is -2.45. The Morgan fingerprint density at radius 2 is 2.05 bits per heavy atom. The summed E-state index contributed by atoms with van der Waals surface area (Å²) in [5.41, 5.74) is 1.17. The molecular weight excluding hydrogens is 338 g/mol. The monoisotopic (exact) mass is 357 g/mol. The molecule has 0 radical (unpaired) electrons. The minimum absolute atomic E-state index is 0.135. The average Bonchev–Trinajstić information content (AvgIpc) is 2.43. The minimum Gasteiger partial charge on any atom is -0.381 e. The third kappa shape index (κ3) is 3.32. The summed E-state index contributed by atoms with van der Waals surface area (Å²) < 4.78 is 7.16. The van der Waals surface area contributed by atoms with Crippen molar-refractivity contribution in [2.24, 2.45) is 0 Å². The van der Waals surface area contributed by atoms with Crippen LogP contribution >= 0.6 is 27.5 Å². The van der Waals surface area contributed by atoms with Gasteiger partial charge in [-0.3, -0.25) is 0 Å². The second kappa shape index (κ2) is 6.25. The first-order valence-corrected chi connectivity index (χ1v) is 8.70. The Labute approximate surface area is 134 Å². The Morgan fingerprint density at radius 3 is 2.80 bits per heavy atom. The van der Waals surface area contributed by atoms with Crippen molar-refractivity contribution in [1.29, 1.82) is 0 Å². The molecule has 1 N–H and O–H groups in total. The van der Waals surface area contributed by atoms with Crippen molar-refractivity contribution < 1.29 is 4.74 Å². The molecule has 0 amide bonds. The van der Waals surface area contributed by atoms with E-state index in [4.69, 9.17) is 16.3 Å². The molecule has 1 aliphatic heterocycles. The Bertz CT molecular complexity index is 468. The SMILES string of the molecule is Clc1cc(Br)ccc1NC1CCOC2(CCCCC2)C1. The number of halogens is 2. The van der Waals surface area contributed by atoms with Crippen molar-refractivity contribution in [3.63, 3.8) is 0 Å². The lowest BCUT2D eigenvalue weighted by Gasteiger charge is -2.44. The van der Waals surface area contributed by atoms with E-state index in [1.165, 1.54) is 32.1 Å². The molecule has 0 bridgehead atoms. The van der Waals surface area contributed by atoms with Crippen LogP contribution in [-0.2, 0) is 4.74 Å². The highest BCUT2D eigenvalue weighted by Gasteiger charge is 2.38. The fourth-order valence-corrected chi connectivity index (χ4v) is 4.25. The van der Waals surface area contributed by atoms with Gasteiger partial charge in [-0.2, -0.15) is 0 Å². The first-order valence-electron chi connectivity index (χ1n) is 7.52. The van der Waals surface area contributed by atoms with E-state index < -0.39 is 0 Å². The maximum Gasteiger partial charge on any atom is 0.0702 e. The van der Waals surface area contributed by atoms with Crippen LogP contribution in [0.15, 0.2) is 22.7 Å². The first kappa shape index (κ1) is 14.7. The molecule has 1 saturated carbocycles. The van der Waals surface area contributed by atoms with Gasteiger partial charge in [0.15, 0.2) is 0 Å². The minimum atomic E-state index is 0.135. The molecule has 1 heterocycles. The van der Waals surface area contributed by atoms with Gasteiger partial charge in [-0.05, 0) is 43.9 Å². The van der Waals surface area contributed by atoms with Crippen molar-refractivity contribution in [1.82, 2.24) is 0 Å². The number of nitrogens with one attached hydrogen (secondary N) is 1. The molecule has 4 heteroatoms. The molecule has 20 heavy (non-hydrogen) atoms. The van der Waals surface area contributed by atoms with Gasteiger partial charge in [-0.15, -0.1) is 0 Å². The fraction of sp³-hybridized carbons (Fsp3) is 0.625. The van der Waals surface area contributed by atoms with E-state index in [0.717, 1.165) is 34.6 Å². The van der Waals surface area contributed by atoms with Crippen molar-refractivity contribution in [2.75, 3.05) is 11.9 Å². The zero-order valence-electron chi connectivity index (χ0n) is 11.6. The molecule has 1 aliphatic carbocycles. The summed E-state index contributed by atoms with van der Waals surface area (Å²) in [6.45, 7) is 0.867. The van der Waals surface area contributed by atoms with Crippen LogP contribution in [0.1, 0.15) is 44.9 Å². The fourth-order valence-electron chi connectivity index (χ4n) is 3.52. The van der Waals surface area contributed by atoms with Crippen molar-refractivity contribution in [3.05, 3.63) is 27.7 Å². The van der Waals surface area contributed by atoms with E-state index in [9.17, 15) is 0 Å². The Hall–Kier alpha value is -0.250. The number of hydrogen-bond acceptors (Lipinski definition) is 2. The van der Waals surface area contributed by atoms with Crippen LogP contribution in [0.2, 0.25) is 5.02 Å². The third-order valence-electron chi connectivity index (χ3n) is 4.55. The maximum absolute atomic E-state index is 6.30. The Kier molecular flexibility index (Phi) is 4.58. The highest BCUT2D eigenvalue weighted by molar-refractivity contribution is 9.10. The largest absolute Gasteiger partial charge is 0.381 e. The van der Waals surface area contributed by atoms with Crippen LogP contribution in [0.5, 0.6) is 0 Å². The van der Waals surface area contributed by atoms with Crippen molar-refractivity contribution in [3.8, 4) is 0 Å². The summed E-state index contributed by atoms with van der Waals surface area (Å²) in [5.74, 6) is 0. The second-order valence-corrected chi connectivity index (χ2v) is 7.37. The van der Waals surface area contributed by atoms with E-state index in [1.54, 1.807) is 0 Å². The van der Waals surface area contributed by atoms with E-state index in [2.05, 4.69) is 27.3 Å². The lowest BCUT2D eigenvalue weighted by molar-refractivity contribution is -0.103. The first-order chi connectivity index (χ1) is 9.67. The van der Waals surface area contributed by atoms with Gasteiger partial charge in [-0.25, -0.2) is 0 Å². The normalized spacial score (nSPS) is 25.6. The van der Waals surface area contributed by atoms with Crippen LogP contribution in [0.25, 0.3) is 0 Å². The van der Waals surface area contributed by atoms with Gasteiger partial charge in [0.1, 0.15) is 0 Å². The van der Waals surface area contributed by atoms with Gasteiger partial charge in [0, 0.05) is 17.1 Å². The summed E-state index contributed by atoms with van der Waals surface area (Å²) in [4.78, 5) is 0. The summed E-state index contributed by atoms with van der Waals surface area (Å²) in [6, 6.07) is 6.50. The summed E-state index contributed by atoms with van der Waals surface area (Å²) in [7, 11) is 0. The highest BCUT2D eigenvalue weighted by Crippen LogP contribution is 2.39. The molecule has 2 nitrogen and oxygen atoms in total. The van der Waals surface area contributed by atoms with E-state index in [-0.39, 0.29) is 5.60 Å². The maximum atomic E-state index is 6.30. The molecule has 1 aromatic rings. The number of benzene rings is 1. The van der Waals surface area contributed by atoms with Crippen LogP contribution < -0.4 is 5.32 Å². The quantitative estimate of drug-likeness (QED) is 0.764. The number of hydrogen-bond donors (Lipinski definition) is 1. The predicted octanol–water partition coefficient (Wildman–Crippen LogP) is 5.40. The van der Waals surface area contributed by atoms with E-state index >= 15 is 0 Å². The molecule has 2 aliphatic rings. The molecule has 1 atom stereocenters. The zero-order valence-corrected chi connectivity index (χ0v) is 14.0. The standard InChI is InChI=1S/C16H21BrClNO/c17-12-4-5-15(14(18)10-12)19-13-6-9-20-16(11-13)7-2-1-3-8-16/h4-5,10,13,19H,1-3,6-9,11H2. The van der Waals surface area contributed by atoms with E-state index in [0.29, 0.717) is 6.04 Å². The van der Waals surface area contributed by atoms with Gasteiger partial charge in [0.05, 0.1) is 16.3 Å².